The number of esters is 1. The predicted molar refractivity (Wildman–Crippen MR) is 114 cm³/mol. The number of carbonyl (C=O) groups is 1. The largest absolute Gasteiger partial charge is 0.455 e. The quantitative estimate of drug-likeness (QED) is 0.417. The number of benzene rings is 3. The van der Waals surface area contributed by atoms with Crippen LogP contribution in [0, 0.1) is 0 Å². The van der Waals surface area contributed by atoms with Crippen LogP contribution in [0.5, 0.6) is 0 Å². The fraction of sp³-hybridized carbons (Fsp3) is 0.125. The number of hydrogen-bond donors (Lipinski definition) is 0. The first-order valence-corrected chi connectivity index (χ1v) is 9.74. The number of aryl methyl sites for hydroxylation is 1. The zero-order chi connectivity index (χ0) is 18.9. The van der Waals surface area contributed by atoms with E-state index < -0.39 is 0 Å². The molecule has 0 saturated carbocycles. The van der Waals surface area contributed by atoms with Crippen molar-refractivity contribution in [2.24, 2.45) is 0 Å². The first-order chi connectivity index (χ1) is 13.2. The van der Waals surface area contributed by atoms with Gasteiger partial charge in [0, 0.05) is 4.47 Å². The van der Waals surface area contributed by atoms with Gasteiger partial charge >= 0.3 is 5.97 Å². The molecule has 0 aliphatic heterocycles. The number of hydrogen-bond acceptors (Lipinski definition) is 2. The minimum Gasteiger partial charge on any atom is -0.455 e. The van der Waals surface area contributed by atoms with E-state index in [-0.39, 0.29) is 12.1 Å². The number of ether oxygens (including phenoxy) is 1. The van der Waals surface area contributed by atoms with Gasteiger partial charge in [-0.3, -0.25) is 0 Å². The monoisotopic (exact) mass is 420 g/mol. The van der Waals surface area contributed by atoms with E-state index >= 15 is 0 Å². The van der Waals surface area contributed by atoms with Gasteiger partial charge in [-0.05, 0) is 54.3 Å². The van der Waals surface area contributed by atoms with Crippen molar-refractivity contribution in [3.8, 4) is 0 Å². The van der Waals surface area contributed by atoms with Crippen LogP contribution in [0.15, 0.2) is 95.5 Å². The van der Waals surface area contributed by atoms with Gasteiger partial charge in [0.15, 0.2) is 0 Å². The summed E-state index contributed by atoms with van der Waals surface area (Å²) >= 11 is 3.45. The molecule has 0 amide bonds. The maximum Gasteiger partial charge on any atom is 0.338 e. The summed E-state index contributed by atoms with van der Waals surface area (Å²) in [6.07, 6.45) is 5.24. The van der Waals surface area contributed by atoms with Gasteiger partial charge in [-0.2, -0.15) is 0 Å². The topological polar surface area (TPSA) is 26.3 Å². The van der Waals surface area contributed by atoms with Crippen molar-refractivity contribution in [2.75, 3.05) is 0 Å². The zero-order valence-corrected chi connectivity index (χ0v) is 16.5. The Balaban J connectivity index is 1.70. The van der Waals surface area contributed by atoms with Crippen LogP contribution in [0.3, 0.4) is 0 Å². The normalized spacial score (nSPS) is 12.0. The van der Waals surface area contributed by atoms with Crippen LogP contribution in [0.2, 0.25) is 0 Å². The fourth-order valence-corrected chi connectivity index (χ4v) is 2.98. The molecule has 0 N–H and O–H groups in total. The summed E-state index contributed by atoms with van der Waals surface area (Å²) in [5.41, 5.74) is 2.87. The minimum absolute atomic E-state index is 0.290. The van der Waals surface area contributed by atoms with Gasteiger partial charge in [0.2, 0.25) is 0 Å². The molecule has 0 aliphatic carbocycles. The van der Waals surface area contributed by atoms with Crippen molar-refractivity contribution < 1.29 is 9.53 Å². The highest BCUT2D eigenvalue weighted by Crippen LogP contribution is 2.16. The fourth-order valence-electron chi connectivity index (χ4n) is 2.72. The van der Waals surface area contributed by atoms with E-state index in [1.807, 2.05) is 72.8 Å². The van der Waals surface area contributed by atoms with Gasteiger partial charge in [-0.25, -0.2) is 4.79 Å². The average Bonchev–Trinajstić information content (AvgIpc) is 2.72. The van der Waals surface area contributed by atoms with Crippen LogP contribution in [0.1, 0.15) is 27.9 Å². The average molecular weight is 421 g/mol. The van der Waals surface area contributed by atoms with Crippen molar-refractivity contribution in [1.82, 2.24) is 0 Å². The molecule has 0 heterocycles. The molecule has 0 bridgehead atoms. The molecule has 0 saturated heterocycles. The lowest BCUT2D eigenvalue weighted by Gasteiger charge is -2.15. The summed E-state index contributed by atoms with van der Waals surface area (Å²) in [5, 5.41) is 0. The van der Waals surface area contributed by atoms with E-state index in [9.17, 15) is 4.79 Å². The molecule has 27 heavy (non-hydrogen) atoms. The van der Waals surface area contributed by atoms with Crippen molar-refractivity contribution >= 4 is 28.0 Å². The molecule has 0 aliphatic rings. The zero-order valence-electron chi connectivity index (χ0n) is 14.9. The van der Waals surface area contributed by atoms with E-state index in [0.717, 1.165) is 22.9 Å². The molecule has 3 heteroatoms. The molecular formula is C24H21BrO2. The molecule has 0 spiro atoms. The van der Waals surface area contributed by atoms with Crippen molar-refractivity contribution in [3.63, 3.8) is 0 Å². The smallest absolute Gasteiger partial charge is 0.338 e. The van der Waals surface area contributed by atoms with E-state index in [1.165, 1.54) is 5.56 Å². The van der Waals surface area contributed by atoms with Crippen LogP contribution >= 0.6 is 15.9 Å². The van der Waals surface area contributed by atoms with Crippen molar-refractivity contribution in [3.05, 3.63) is 112 Å². The maximum absolute atomic E-state index is 12.5. The van der Waals surface area contributed by atoms with Crippen LogP contribution in [-0.4, -0.2) is 12.1 Å². The Morgan fingerprint density at radius 3 is 2.19 bits per heavy atom. The Labute approximate surface area is 168 Å². The molecular weight excluding hydrogens is 400 g/mol. The second-order valence-electron chi connectivity index (χ2n) is 6.24. The molecule has 0 radical (unpaired) electrons. The summed E-state index contributed by atoms with van der Waals surface area (Å²) in [6.45, 7) is 0. The molecule has 3 rings (SSSR count). The van der Waals surface area contributed by atoms with Gasteiger partial charge in [0.1, 0.15) is 6.10 Å². The van der Waals surface area contributed by atoms with Crippen molar-refractivity contribution in [1.29, 1.82) is 0 Å². The van der Waals surface area contributed by atoms with Gasteiger partial charge in [0.05, 0.1) is 5.56 Å². The summed E-state index contributed by atoms with van der Waals surface area (Å²) in [5.74, 6) is -0.297. The summed E-state index contributed by atoms with van der Waals surface area (Å²) in [4.78, 5) is 12.5. The third-order valence-electron chi connectivity index (χ3n) is 4.20. The van der Waals surface area contributed by atoms with Crippen LogP contribution in [-0.2, 0) is 11.2 Å². The van der Waals surface area contributed by atoms with Gasteiger partial charge in [0.25, 0.3) is 0 Å². The summed E-state index contributed by atoms with van der Waals surface area (Å²) in [6, 6.07) is 27.4. The third-order valence-corrected chi connectivity index (χ3v) is 4.73. The number of halogens is 1. The lowest BCUT2D eigenvalue weighted by molar-refractivity contribution is 0.0382. The summed E-state index contributed by atoms with van der Waals surface area (Å²) < 4.78 is 6.83. The Bertz CT molecular complexity index is 871. The van der Waals surface area contributed by atoms with Crippen LogP contribution < -0.4 is 0 Å². The van der Waals surface area contributed by atoms with E-state index in [2.05, 4.69) is 28.1 Å². The highest BCUT2D eigenvalue weighted by molar-refractivity contribution is 9.10. The van der Waals surface area contributed by atoms with Crippen LogP contribution in [0.25, 0.3) is 6.08 Å². The second kappa shape index (κ2) is 9.89. The second-order valence-corrected chi connectivity index (χ2v) is 7.16. The number of rotatable bonds is 7. The van der Waals surface area contributed by atoms with Crippen molar-refractivity contribution in [2.45, 2.75) is 18.9 Å². The number of carbonyl (C=O) groups excluding carboxylic acids is 1. The first kappa shape index (κ1) is 19.1. The Hall–Kier alpha value is -2.65. The lowest BCUT2D eigenvalue weighted by atomic mass is 10.1. The van der Waals surface area contributed by atoms with E-state index in [0.29, 0.717) is 5.56 Å². The molecule has 0 unspecified atom stereocenters. The van der Waals surface area contributed by atoms with Gasteiger partial charge in [-0.15, -0.1) is 0 Å². The van der Waals surface area contributed by atoms with Gasteiger partial charge < -0.3 is 4.74 Å². The molecule has 0 aromatic heterocycles. The molecule has 2 nitrogen and oxygen atoms in total. The predicted octanol–water partition coefficient (Wildman–Crippen LogP) is 6.32. The highest BCUT2D eigenvalue weighted by Gasteiger charge is 2.13. The molecule has 136 valence electrons. The molecule has 0 fully saturated rings. The molecule has 3 aromatic carbocycles. The standard InChI is InChI=1S/C24H21BrO2/c25-22-15-11-20(12-16-22)14-18-23(17-13-19-7-3-1-4-8-19)27-24(26)21-9-5-2-6-10-21/h1-13,15-17,23H,14,18H2/b17-13+/t23-/m0/s1. The maximum atomic E-state index is 12.5. The Morgan fingerprint density at radius 2 is 1.52 bits per heavy atom. The third kappa shape index (κ3) is 6.22. The Kier molecular flexibility index (Phi) is 7.00. The van der Waals surface area contributed by atoms with Crippen LogP contribution in [0.4, 0.5) is 0 Å². The molecule has 1 atom stereocenters. The Morgan fingerprint density at radius 1 is 0.889 bits per heavy atom. The lowest BCUT2D eigenvalue weighted by Crippen LogP contribution is -2.17. The highest BCUT2D eigenvalue weighted by atomic mass is 79.9. The summed E-state index contributed by atoms with van der Waals surface area (Å²) in [7, 11) is 0. The SMILES string of the molecule is O=C(O[C@@H](/C=C/c1ccccc1)CCc1ccc(Br)cc1)c1ccccc1. The first-order valence-electron chi connectivity index (χ1n) is 8.94. The van der Waals surface area contributed by atoms with Gasteiger partial charge in [-0.1, -0.05) is 82.7 Å². The minimum atomic E-state index is -0.297. The van der Waals surface area contributed by atoms with E-state index in [1.54, 1.807) is 12.1 Å². The van der Waals surface area contributed by atoms with E-state index in [4.69, 9.17) is 4.74 Å². The molecule has 3 aromatic rings.